The first-order valence-electron chi connectivity index (χ1n) is 6.98. The number of nitrogens with zero attached hydrogens (tertiary/aromatic N) is 2. The van der Waals surface area contributed by atoms with Crippen LogP contribution in [-0.4, -0.2) is 61.4 Å². The fraction of sp³-hybridized carbons (Fsp3) is 0.538. The minimum absolute atomic E-state index is 0.0753. The fourth-order valence-corrected chi connectivity index (χ4v) is 2.74. The Morgan fingerprint density at radius 2 is 2.14 bits per heavy atom. The quantitative estimate of drug-likeness (QED) is 0.379. The van der Waals surface area contributed by atoms with E-state index in [9.17, 15) is 10.2 Å². The molecule has 22 heavy (non-hydrogen) atoms. The Morgan fingerprint density at radius 1 is 1.36 bits per heavy atom. The molecule has 0 aromatic carbocycles. The third-order valence-electron chi connectivity index (χ3n) is 3.87. The van der Waals surface area contributed by atoms with Gasteiger partial charge in [0.05, 0.1) is 30.3 Å². The van der Waals surface area contributed by atoms with Crippen molar-refractivity contribution in [2.24, 2.45) is 0 Å². The molecule has 7 N–H and O–H groups in total. The predicted molar refractivity (Wildman–Crippen MR) is 77.6 cm³/mol. The number of fused-ring (bicyclic) bond motifs is 1. The number of ether oxygens (including phenoxy) is 1. The van der Waals surface area contributed by atoms with E-state index >= 15 is 0 Å². The number of nitrogens with two attached hydrogens (primary N) is 1. The summed E-state index contributed by atoms with van der Waals surface area (Å²) >= 11 is 0. The molecule has 1 fully saturated rings. The minimum atomic E-state index is -1.03. The van der Waals surface area contributed by atoms with E-state index in [1.165, 1.54) is 13.3 Å². The van der Waals surface area contributed by atoms with E-state index in [1.54, 1.807) is 6.20 Å². The zero-order chi connectivity index (χ0) is 15.9. The highest BCUT2D eigenvalue weighted by Gasteiger charge is 2.43. The molecule has 5 atom stereocenters. The largest absolute Gasteiger partial charge is 0.389 e. The number of aliphatic hydroxyl groups excluding tert-OH is 3. The van der Waals surface area contributed by atoms with E-state index in [1.807, 2.05) is 0 Å². The number of aromatic amines is 1. The zero-order valence-electron chi connectivity index (χ0n) is 12.0. The maximum absolute atomic E-state index is 10.3. The predicted octanol–water partition coefficient (Wildman–Crippen LogP) is -1.37. The Kier molecular flexibility index (Phi) is 3.98. The molecule has 0 saturated carbocycles. The minimum Gasteiger partial charge on any atom is -0.389 e. The lowest BCUT2D eigenvalue weighted by Gasteiger charge is -2.16. The van der Waals surface area contributed by atoms with Crippen LogP contribution in [0.4, 0.5) is 5.82 Å². The lowest BCUT2D eigenvalue weighted by atomic mass is 10.0. The van der Waals surface area contributed by atoms with E-state index in [0.717, 1.165) is 0 Å². The molecule has 0 aliphatic carbocycles. The number of anilines is 1. The first-order chi connectivity index (χ1) is 10.5. The van der Waals surface area contributed by atoms with Crippen molar-refractivity contribution < 1.29 is 20.1 Å². The Balaban J connectivity index is 1.86. The molecule has 0 bridgehead atoms. The van der Waals surface area contributed by atoms with Crippen LogP contribution in [0.3, 0.4) is 0 Å². The van der Waals surface area contributed by atoms with Gasteiger partial charge in [0.25, 0.3) is 0 Å². The van der Waals surface area contributed by atoms with Crippen molar-refractivity contribution >= 4 is 16.9 Å². The van der Waals surface area contributed by atoms with Gasteiger partial charge >= 0.3 is 0 Å². The molecule has 0 amide bonds. The van der Waals surface area contributed by atoms with Gasteiger partial charge in [0.15, 0.2) is 12.1 Å². The van der Waals surface area contributed by atoms with E-state index in [4.69, 9.17) is 15.6 Å². The van der Waals surface area contributed by atoms with Gasteiger partial charge in [-0.05, 0) is 6.92 Å². The van der Waals surface area contributed by atoms with Crippen molar-refractivity contribution in [2.45, 2.75) is 37.5 Å². The average molecular weight is 309 g/mol. The number of rotatable bonds is 4. The van der Waals surface area contributed by atoms with Crippen LogP contribution in [0.1, 0.15) is 18.5 Å². The smallest absolute Gasteiger partial charge is 0.151 e. The summed E-state index contributed by atoms with van der Waals surface area (Å²) in [5.41, 5.74) is 7.64. The Hall–Kier alpha value is -1.78. The van der Waals surface area contributed by atoms with Crippen molar-refractivity contribution in [2.75, 3.05) is 12.3 Å². The normalized spacial score (nSPS) is 30.0. The van der Waals surface area contributed by atoms with E-state index in [-0.39, 0.29) is 6.61 Å². The summed E-state index contributed by atoms with van der Waals surface area (Å²) in [7, 11) is 0. The first kappa shape index (κ1) is 15.1. The first-order valence-corrected chi connectivity index (χ1v) is 6.98. The van der Waals surface area contributed by atoms with Gasteiger partial charge in [-0.25, -0.2) is 9.97 Å². The Bertz CT molecular complexity index is 661. The van der Waals surface area contributed by atoms with Crippen LogP contribution in [0.2, 0.25) is 0 Å². The van der Waals surface area contributed by atoms with E-state index < -0.39 is 30.6 Å². The van der Waals surface area contributed by atoms with Gasteiger partial charge in [-0.3, -0.25) is 0 Å². The van der Waals surface area contributed by atoms with Crippen molar-refractivity contribution in [1.29, 1.82) is 0 Å². The molecule has 0 spiro atoms. The Morgan fingerprint density at radius 3 is 2.86 bits per heavy atom. The summed E-state index contributed by atoms with van der Waals surface area (Å²) in [6.45, 7) is 1.56. The van der Waals surface area contributed by atoms with Gasteiger partial charge in [-0.15, -0.1) is 0 Å². The number of aromatic nitrogens is 3. The lowest BCUT2D eigenvalue weighted by molar-refractivity contribution is -0.0995. The van der Waals surface area contributed by atoms with Crippen molar-refractivity contribution in [1.82, 2.24) is 20.3 Å². The molecule has 2 aromatic heterocycles. The van der Waals surface area contributed by atoms with Crippen LogP contribution in [-0.2, 0) is 4.74 Å². The number of aliphatic hydroxyl groups is 3. The maximum atomic E-state index is 10.3. The van der Waals surface area contributed by atoms with E-state index in [0.29, 0.717) is 22.4 Å². The molecule has 0 radical (unpaired) electrons. The standard InChI is InChI=1S/C13H19N5O4/c1-5(19)22-3-7-11(20)12(21)9(18-7)6-2-15-10-8(6)16-4-17-13(10)14/h2,4-5,7,9,11-12,15,18-21H,3H2,1H3,(H2,14,16,17)/t5?,7-,9+,11-,12+/m1/s1. The number of H-pyrrole nitrogens is 1. The number of hydrogen-bond acceptors (Lipinski definition) is 8. The van der Waals surface area contributed by atoms with Crippen LogP contribution < -0.4 is 11.1 Å². The molecule has 1 unspecified atom stereocenters. The molecule has 3 heterocycles. The number of hydrogen-bond donors (Lipinski definition) is 6. The molecular formula is C13H19N5O4. The lowest BCUT2D eigenvalue weighted by Crippen LogP contribution is -2.38. The van der Waals surface area contributed by atoms with Gasteiger partial charge < -0.3 is 36.1 Å². The second kappa shape index (κ2) is 5.78. The summed E-state index contributed by atoms with van der Waals surface area (Å²) in [4.78, 5) is 11.1. The number of nitrogens with one attached hydrogen (secondary N) is 2. The summed E-state index contributed by atoms with van der Waals surface area (Å²) in [6.07, 6.45) is 0.0404. The van der Waals surface area contributed by atoms with Gasteiger partial charge in [-0.1, -0.05) is 0 Å². The van der Waals surface area contributed by atoms with Crippen LogP contribution in [0.15, 0.2) is 12.5 Å². The third kappa shape index (κ3) is 2.53. The van der Waals surface area contributed by atoms with Crippen LogP contribution >= 0.6 is 0 Å². The average Bonchev–Trinajstić information content (AvgIpc) is 3.01. The van der Waals surface area contributed by atoms with Crippen LogP contribution in [0.25, 0.3) is 11.0 Å². The molecular weight excluding hydrogens is 290 g/mol. The molecule has 1 saturated heterocycles. The Labute approximate surface area is 126 Å². The van der Waals surface area contributed by atoms with Crippen LogP contribution in [0.5, 0.6) is 0 Å². The van der Waals surface area contributed by atoms with Gasteiger partial charge in [0.2, 0.25) is 0 Å². The molecule has 9 nitrogen and oxygen atoms in total. The highest BCUT2D eigenvalue weighted by atomic mass is 16.6. The fourth-order valence-electron chi connectivity index (χ4n) is 2.74. The third-order valence-corrected chi connectivity index (χ3v) is 3.87. The van der Waals surface area contributed by atoms with Gasteiger partial charge in [0, 0.05) is 11.8 Å². The summed E-state index contributed by atoms with van der Waals surface area (Å²) in [6, 6.07) is -1.03. The van der Waals surface area contributed by atoms with E-state index in [2.05, 4.69) is 20.3 Å². The molecule has 2 aromatic rings. The van der Waals surface area contributed by atoms with Crippen LogP contribution in [0, 0.1) is 0 Å². The highest BCUT2D eigenvalue weighted by molar-refractivity contribution is 5.87. The SMILES string of the molecule is CC(O)OC[C@H]1N[C@@H](c2c[nH]c3c(N)ncnc23)[C@H](O)[C@@H]1O. The van der Waals surface area contributed by atoms with Crippen molar-refractivity contribution in [3.63, 3.8) is 0 Å². The maximum Gasteiger partial charge on any atom is 0.151 e. The van der Waals surface area contributed by atoms with Gasteiger partial charge in [-0.2, -0.15) is 0 Å². The van der Waals surface area contributed by atoms with Crippen molar-refractivity contribution in [3.8, 4) is 0 Å². The summed E-state index contributed by atoms with van der Waals surface area (Å²) in [5.74, 6) is 0.318. The summed E-state index contributed by atoms with van der Waals surface area (Å²) in [5, 5.41) is 32.7. The molecule has 3 rings (SSSR count). The molecule has 1 aliphatic rings. The van der Waals surface area contributed by atoms with Gasteiger partial charge in [0.1, 0.15) is 17.9 Å². The highest BCUT2D eigenvalue weighted by Crippen LogP contribution is 2.32. The molecule has 1 aliphatic heterocycles. The number of nitrogen functional groups attached to an aromatic ring is 1. The zero-order valence-corrected chi connectivity index (χ0v) is 12.0. The second-order valence-corrected chi connectivity index (χ2v) is 5.39. The molecule has 9 heteroatoms. The summed E-state index contributed by atoms with van der Waals surface area (Å²) < 4.78 is 5.09. The van der Waals surface area contributed by atoms with Crippen molar-refractivity contribution in [3.05, 3.63) is 18.1 Å². The molecule has 120 valence electrons. The monoisotopic (exact) mass is 309 g/mol. The topological polar surface area (TPSA) is 150 Å². The second-order valence-electron chi connectivity index (χ2n) is 5.39.